The highest BCUT2D eigenvalue weighted by atomic mass is 16.5. The van der Waals surface area contributed by atoms with Crippen LogP contribution < -0.4 is 0 Å². The molecule has 116 valence electrons. The fourth-order valence-electron chi connectivity index (χ4n) is 4.56. The van der Waals surface area contributed by atoms with Crippen molar-refractivity contribution in [2.24, 2.45) is 23.7 Å². The van der Waals surface area contributed by atoms with Gasteiger partial charge in [-0.15, -0.1) is 6.58 Å². The Morgan fingerprint density at radius 3 is 1.95 bits per heavy atom. The van der Waals surface area contributed by atoms with Gasteiger partial charge in [0.05, 0.1) is 0 Å². The average molecular weight is 278 g/mol. The summed E-state index contributed by atoms with van der Waals surface area (Å²) in [7, 11) is 1.85. The van der Waals surface area contributed by atoms with Crippen LogP contribution in [0.4, 0.5) is 0 Å². The lowest BCUT2D eigenvalue weighted by atomic mass is 9.69. The van der Waals surface area contributed by atoms with Crippen molar-refractivity contribution in [2.75, 3.05) is 13.7 Å². The highest BCUT2D eigenvalue weighted by Gasteiger charge is 2.30. The largest absolute Gasteiger partial charge is 0.384 e. The molecule has 0 amide bonds. The minimum atomic E-state index is 0.853. The molecule has 0 unspecified atom stereocenters. The second-order valence-electron chi connectivity index (χ2n) is 7.24. The van der Waals surface area contributed by atoms with Gasteiger partial charge in [0.15, 0.2) is 0 Å². The van der Waals surface area contributed by atoms with Crippen LogP contribution in [-0.4, -0.2) is 13.7 Å². The van der Waals surface area contributed by atoms with Gasteiger partial charge in [-0.3, -0.25) is 0 Å². The Hall–Kier alpha value is -0.300. The Balaban J connectivity index is 1.63. The third-order valence-electron chi connectivity index (χ3n) is 5.87. The molecule has 0 atom stereocenters. The molecular weight excluding hydrogens is 244 g/mol. The summed E-state index contributed by atoms with van der Waals surface area (Å²) < 4.78 is 5.32. The van der Waals surface area contributed by atoms with Crippen molar-refractivity contribution < 1.29 is 4.74 Å². The molecule has 0 aliphatic heterocycles. The van der Waals surface area contributed by atoms with Crippen molar-refractivity contribution in [3.63, 3.8) is 0 Å². The molecule has 20 heavy (non-hydrogen) atoms. The smallest absolute Gasteiger partial charge is 0.0490 e. The summed E-state index contributed by atoms with van der Waals surface area (Å²) in [5, 5.41) is 0. The fraction of sp³-hybridized carbons (Fsp3) is 0.895. The molecule has 2 saturated carbocycles. The number of hydrogen-bond donors (Lipinski definition) is 0. The predicted molar refractivity (Wildman–Crippen MR) is 86.8 cm³/mol. The normalized spacial score (nSPS) is 34.9. The van der Waals surface area contributed by atoms with E-state index in [9.17, 15) is 0 Å². The molecule has 2 rings (SSSR count). The monoisotopic (exact) mass is 278 g/mol. The Labute approximate surface area is 126 Å². The fourth-order valence-corrected chi connectivity index (χ4v) is 4.56. The van der Waals surface area contributed by atoms with Crippen LogP contribution >= 0.6 is 0 Å². The summed E-state index contributed by atoms with van der Waals surface area (Å²) in [6, 6.07) is 0. The number of hydrogen-bond acceptors (Lipinski definition) is 1. The van der Waals surface area contributed by atoms with E-state index < -0.39 is 0 Å². The van der Waals surface area contributed by atoms with Crippen molar-refractivity contribution in [1.29, 1.82) is 0 Å². The zero-order valence-electron chi connectivity index (χ0n) is 13.5. The van der Waals surface area contributed by atoms with E-state index in [0.717, 1.165) is 30.3 Å². The first-order valence-electron chi connectivity index (χ1n) is 8.93. The SMILES string of the molecule is C=CCCC[C@H]1CC[C@H](C2CCC(COC)CC2)CC1. The number of unbranched alkanes of at least 4 members (excludes halogenated alkanes) is 1. The highest BCUT2D eigenvalue weighted by Crippen LogP contribution is 2.42. The van der Waals surface area contributed by atoms with Crippen LogP contribution in [0.2, 0.25) is 0 Å². The van der Waals surface area contributed by atoms with Crippen molar-refractivity contribution in [2.45, 2.75) is 70.6 Å². The maximum absolute atomic E-state index is 5.32. The van der Waals surface area contributed by atoms with E-state index >= 15 is 0 Å². The van der Waals surface area contributed by atoms with Crippen LogP contribution in [-0.2, 0) is 4.74 Å². The van der Waals surface area contributed by atoms with Crippen molar-refractivity contribution in [3.05, 3.63) is 12.7 Å². The summed E-state index contributed by atoms with van der Waals surface area (Å²) in [6.45, 7) is 4.82. The molecule has 0 aromatic rings. The summed E-state index contributed by atoms with van der Waals surface area (Å²) in [5.74, 6) is 3.97. The number of rotatable bonds is 7. The molecule has 0 bridgehead atoms. The van der Waals surface area contributed by atoms with Gasteiger partial charge in [0.25, 0.3) is 0 Å². The van der Waals surface area contributed by atoms with E-state index in [1.807, 2.05) is 7.11 Å². The first kappa shape index (κ1) is 16.1. The second-order valence-corrected chi connectivity index (χ2v) is 7.24. The topological polar surface area (TPSA) is 9.23 Å². The van der Waals surface area contributed by atoms with E-state index in [4.69, 9.17) is 4.74 Å². The lowest BCUT2D eigenvalue weighted by Crippen LogP contribution is -2.27. The average Bonchev–Trinajstić information content (AvgIpc) is 2.49. The number of ether oxygens (including phenoxy) is 1. The lowest BCUT2D eigenvalue weighted by molar-refractivity contribution is 0.0926. The second kappa shape index (κ2) is 8.87. The Morgan fingerprint density at radius 2 is 1.45 bits per heavy atom. The van der Waals surface area contributed by atoms with Crippen LogP contribution in [0.3, 0.4) is 0 Å². The molecule has 0 saturated heterocycles. The van der Waals surface area contributed by atoms with E-state index in [2.05, 4.69) is 12.7 Å². The van der Waals surface area contributed by atoms with E-state index in [1.54, 1.807) is 0 Å². The molecule has 0 aromatic heterocycles. The van der Waals surface area contributed by atoms with Crippen LogP contribution in [0.15, 0.2) is 12.7 Å². The summed E-state index contributed by atoms with van der Waals surface area (Å²) in [5.41, 5.74) is 0. The van der Waals surface area contributed by atoms with Gasteiger partial charge in [-0.05, 0) is 75.0 Å². The van der Waals surface area contributed by atoms with Gasteiger partial charge in [0, 0.05) is 13.7 Å². The van der Waals surface area contributed by atoms with Crippen molar-refractivity contribution in [3.8, 4) is 0 Å². The van der Waals surface area contributed by atoms with Gasteiger partial charge >= 0.3 is 0 Å². The Bertz CT molecular complexity index is 257. The van der Waals surface area contributed by atoms with Gasteiger partial charge in [0.1, 0.15) is 0 Å². The third-order valence-corrected chi connectivity index (χ3v) is 5.87. The van der Waals surface area contributed by atoms with Crippen LogP contribution in [0.25, 0.3) is 0 Å². The van der Waals surface area contributed by atoms with E-state index in [0.29, 0.717) is 0 Å². The number of allylic oxidation sites excluding steroid dienone is 1. The van der Waals surface area contributed by atoms with Crippen LogP contribution in [0.1, 0.15) is 70.6 Å². The highest BCUT2D eigenvalue weighted by molar-refractivity contribution is 4.82. The molecule has 0 N–H and O–H groups in total. The van der Waals surface area contributed by atoms with Gasteiger partial charge < -0.3 is 4.74 Å². The summed E-state index contributed by atoms with van der Waals surface area (Å²) in [6.07, 6.45) is 17.9. The van der Waals surface area contributed by atoms with Gasteiger partial charge in [-0.2, -0.15) is 0 Å². The molecule has 0 aromatic carbocycles. The minimum absolute atomic E-state index is 0.853. The molecule has 1 heteroatoms. The standard InChI is InChI=1S/C19H34O/c1-3-4-5-6-16-7-11-18(12-8-16)19-13-9-17(10-14-19)15-20-2/h3,16-19H,1,4-15H2,2H3/t16-,17?,18-,19?. The molecule has 2 aliphatic carbocycles. The molecule has 2 fully saturated rings. The molecule has 0 spiro atoms. The zero-order chi connectivity index (χ0) is 14.2. The van der Waals surface area contributed by atoms with Gasteiger partial charge in [-0.25, -0.2) is 0 Å². The lowest BCUT2D eigenvalue weighted by Gasteiger charge is -2.37. The summed E-state index contributed by atoms with van der Waals surface area (Å²) in [4.78, 5) is 0. The summed E-state index contributed by atoms with van der Waals surface area (Å²) >= 11 is 0. The number of methoxy groups -OCH3 is 1. The van der Waals surface area contributed by atoms with E-state index in [1.165, 1.54) is 70.6 Å². The Morgan fingerprint density at radius 1 is 0.900 bits per heavy atom. The van der Waals surface area contributed by atoms with E-state index in [-0.39, 0.29) is 0 Å². The molecule has 2 aliphatic rings. The zero-order valence-corrected chi connectivity index (χ0v) is 13.5. The van der Waals surface area contributed by atoms with Crippen molar-refractivity contribution in [1.82, 2.24) is 0 Å². The molecule has 0 radical (unpaired) electrons. The molecular formula is C19H34O. The van der Waals surface area contributed by atoms with Crippen LogP contribution in [0, 0.1) is 23.7 Å². The Kier molecular flexibility index (Phi) is 7.13. The van der Waals surface area contributed by atoms with Gasteiger partial charge in [0.2, 0.25) is 0 Å². The third kappa shape index (κ3) is 4.91. The quantitative estimate of drug-likeness (QED) is 0.435. The first-order chi connectivity index (χ1) is 9.83. The predicted octanol–water partition coefficient (Wildman–Crippen LogP) is 5.60. The molecule has 0 heterocycles. The minimum Gasteiger partial charge on any atom is -0.384 e. The van der Waals surface area contributed by atoms with Gasteiger partial charge in [-0.1, -0.05) is 25.3 Å². The molecule has 1 nitrogen and oxygen atoms in total. The van der Waals surface area contributed by atoms with Crippen molar-refractivity contribution >= 4 is 0 Å². The maximum Gasteiger partial charge on any atom is 0.0490 e. The first-order valence-corrected chi connectivity index (χ1v) is 8.93. The van der Waals surface area contributed by atoms with Crippen LogP contribution in [0.5, 0.6) is 0 Å². The maximum atomic E-state index is 5.32.